The highest BCUT2D eigenvalue weighted by atomic mass is 16.4. The van der Waals surface area contributed by atoms with Crippen molar-refractivity contribution in [1.29, 1.82) is 0 Å². The zero-order chi connectivity index (χ0) is 40.0. The summed E-state index contributed by atoms with van der Waals surface area (Å²) in [5.41, 5.74) is 15.2. The Morgan fingerprint density at radius 1 is 0.906 bits per heavy atom. The van der Waals surface area contributed by atoms with Crippen molar-refractivity contribution in [2.45, 2.75) is 94.9 Å². The van der Waals surface area contributed by atoms with E-state index in [0.717, 1.165) is 4.90 Å². The molecule has 53 heavy (non-hydrogen) atoms. The molecule has 0 unspecified atom stereocenters. The average Bonchev–Trinajstić information content (AvgIpc) is 3.57. The van der Waals surface area contributed by atoms with Crippen LogP contribution in [0.2, 0.25) is 0 Å². The number of phenols is 1. The number of carboxylic acids is 3. The number of carbonyl (C=O) groups excluding carboxylic acids is 5. The second-order valence-corrected chi connectivity index (χ2v) is 13.0. The Hall–Kier alpha value is -5.79. The minimum absolute atomic E-state index is 0.0125. The molecule has 20 heteroatoms. The summed E-state index contributed by atoms with van der Waals surface area (Å²) in [7, 11) is 0. The maximum atomic E-state index is 13.9. The summed E-state index contributed by atoms with van der Waals surface area (Å²) in [5.74, 6) is -9.95. The molecule has 1 heterocycles. The number of phenolic OH excluding ortho intramolecular Hbond substituents is 1. The second kappa shape index (κ2) is 19.7. The third kappa shape index (κ3) is 13.0. The molecular formula is C33H48N8O12. The molecule has 1 aromatic rings. The number of benzene rings is 1. The lowest BCUT2D eigenvalue weighted by atomic mass is 9.85. The number of aliphatic imine (C=N–C) groups is 1. The SMILES string of the molecule is CC(C)[C@H](NC(=O)[C@H](CC(=O)O)NC(=O)[C@@H]1CCCN1C(=O)[C@@](N)(CCCN=C(N)N)C(=O)CCC(=O)O)C(=O)N[C@@H](Cc1ccc(O)cc1)C(=O)O. The van der Waals surface area contributed by atoms with E-state index in [-0.39, 0.29) is 56.9 Å². The van der Waals surface area contributed by atoms with Crippen molar-refractivity contribution >= 4 is 53.3 Å². The van der Waals surface area contributed by atoms with Crippen LogP contribution in [0.3, 0.4) is 0 Å². The number of nitrogens with zero attached hydrogens (tertiary/aromatic N) is 2. The molecule has 1 aromatic carbocycles. The van der Waals surface area contributed by atoms with Gasteiger partial charge in [-0.25, -0.2) is 4.79 Å². The van der Waals surface area contributed by atoms with Gasteiger partial charge in [-0.2, -0.15) is 0 Å². The predicted molar refractivity (Wildman–Crippen MR) is 186 cm³/mol. The maximum Gasteiger partial charge on any atom is 0.326 e. The normalized spacial score (nSPS) is 16.7. The molecule has 1 fully saturated rings. The molecule has 1 aliphatic rings. The average molecular weight is 749 g/mol. The Labute approximate surface area is 304 Å². The van der Waals surface area contributed by atoms with Crippen LogP contribution < -0.4 is 33.2 Å². The lowest BCUT2D eigenvalue weighted by Gasteiger charge is -2.34. The Bertz CT molecular complexity index is 1560. The zero-order valence-electron chi connectivity index (χ0n) is 29.4. The molecule has 0 spiro atoms. The zero-order valence-corrected chi connectivity index (χ0v) is 29.4. The van der Waals surface area contributed by atoms with Crippen LogP contribution in [0.1, 0.15) is 64.4 Å². The van der Waals surface area contributed by atoms with Gasteiger partial charge in [0.05, 0.1) is 12.8 Å². The molecule has 13 N–H and O–H groups in total. The summed E-state index contributed by atoms with van der Waals surface area (Å²) in [5, 5.41) is 44.9. The predicted octanol–water partition coefficient (Wildman–Crippen LogP) is -2.22. The topological polar surface area (TPSA) is 347 Å². The van der Waals surface area contributed by atoms with Crippen molar-refractivity contribution in [3.8, 4) is 5.75 Å². The highest BCUT2D eigenvalue weighted by molar-refractivity contribution is 6.12. The molecule has 20 nitrogen and oxygen atoms in total. The first-order chi connectivity index (χ1) is 24.8. The summed E-state index contributed by atoms with van der Waals surface area (Å²) in [6.07, 6.45) is -2.26. The molecule has 0 bridgehead atoms. The van der Waals surface area contributed by atoms with Crippen LogP contribution in [0.4, 0.5) is 0 Å². The number of hydrogen-bond donors (Lipinski definition) is 10. The summed E-state index contributed by atoms with van der Waals surface area (Å²) < 4.78 is 0. The van der Waals surface area contributed by atoms with Crippen LogP contribution in [-0.2, 0) is 44.8 Å². The van der Waals surface area contributed by atoms with E-state index in [2.05, 4.69) is 20.9 Å². The Morgan fingerprint density at radius 2 is 1.55 bits per heavy atom. The lowest BCUT2D eigenvalue weighted by molar-refractivity contribution is -0.149. The quantitative estimate of drug-likeness (QED) is 0.0275. The largest absolute Gasteiger partial charge is 0.508 e. The third-order valence-corrected chi connectivity index (χ3v) is 8.53. The van der Waals surface area contributed by atoms with Crippen LogP contribution in [0.5, 0.6) is 5.75 Å². The van der Waals surface area contributed by atoms with Gasteiger partial charge in [0.1, 0.15) is 29.9 Å². The van der Waals surface area contributed by atoms with Gasteiger partial charge in [0.25, 0.3) is 5.91 Å². The maximum absolute atomic E-state index is 13.9. The molecule has 2 rings (SSSR count). The fraction of sp³-hybridized carbons (Fsp3) is 0.545. The molecule has 5 atom stereocenters. The van der Waals surface area contributed by atoms with Crippen molar-refractivity contribution in [2.24, 2.45) is 28.1 Å². The summed E-state index contributed by atoms with van der Waals surface area (Å²) in [6.45, 7) is 3.03. The van der Waals surface area contributed by atoms with Crippen LogP contribution >= 0.6 is 0 Å². The monoisotopic (exact) mass is 748 g/mol. The van der Waals surface area contributed by atoms with Gasteiger partial charge in [-0.1, -0.05) is 26.0 Å². The number of likely N-dealkylation sites (tertiary alicyclic amines) is 1. The Balaban J connectivity index is 2.26. The van der Waals surface area contributed by atoms with Crippen molar-refractivity contribution in [3.63, 3.8) is 0 Å². The van der Waals surface area contributed by atoms with E-state index in [4.69, 9.17) is 22.3 Å². The van der Waals surface area contributed by atoms with E-state index in [1.807, 2.05) is 0 Å². The number of nitrogens with two attached hydrogens (primary N) is 3. The minimum Gasteiger partial charge on any atom is -0.508 e. The van der Waals surface area contributed by atoms with Gasteiger partial charge in [-0.15, -0.1) is 0 Å². The van der Waals surface area contributed by atoms with Gasteiger partial charge in [-0.05, 0) is 49.3 Å². The van der Waals surface area contributed by atoms with Crippen molar-refractivity contribution in [3.05, 3.63) is 29.8 Å². The molecule has 1 saturated heterocycles. The third-order valence-electron chi connectivity index (χ3n) is 8.53. The molecule has 0 aromatic heterocycles. The van der Waals surface area contributed by atoms with E-state index < -0.39 is 102 Å². The molecule has 0 radical (unpaired) electrons. The van der Waals surface area contributed by atoms with Crippen molar-refractivity contribution < 1.29 is 58.8 Å². The van der Waals surface area contributed by atoms with Gasteiger partial charge in [0, 0.05) is 25.9 Å². The first-order valence-corrected chi connectivity index (χ1v) is 16.8. The number of ketones is 1. The number of aliphatic carboxylic acids is 3. The van der Waals surface area contributed by atoms with E-state index in [9.17, 15) is 53.7 Å². The molecule has 0 saturated carbocycles. The summed E-state index contributed by atoms with van der Waals surface area (Å²) >= 11 is 0. The first kappa shape index (κ1) is 43.4. The fourth-order valence-corrected chi connectivity index (χ4v) is 5.68. The van der Waals surface area contributed by atoms with Gasteiger partial charge in [0.15, 0.2) is 17.3 Å². The van der Waals surface area contributed by atoms with Crippen molar-refractivity contribution in [2.75, 3.05) is 13.1 Å². The lowest BCUT2D eigenvalue weighted by Crippen LogP contribution is -2.63. The number of amides is 4. The molecular weight excluding hydrogens is 700 g/mol. The standard InChI is InChI=1S/C33H48N8O12/c1-17(2)26(29(50)39-21(30(51)52)15-18-6-8-19(42)9-7-18)40-27(48)20(16-25(46)47)38-28(49)22-5-3-14-41(22)31(53)33(36,12-4-13-37-32(34)35)23(43)10-11-24(44)45/h6-9,17,20-22,26,42H,3-5,10-16,36H2,1-2H3,(H,38,49)(H,39,50)(H,40,48)(H,44,45)(H,46,47)(H,51,52)(H4,34,35,37)/t20-,21-,22-,26-,33+/m0/s1. The van der Waals surface area contributed by atoms with Crippen LogP contribution in [-0.4, -0.2) is 121 Å². The number of guanidine groups is 1. The molecule has 0 aliphatic carbocycles. The highest BCUT2D eigenvalue weighted by Gasteiger charge is 2.48. The van der Waals surface area contributed by atoms with E-state index in [1.54, 1.807) is 13.8 Å². The van der Waals surface area contributed by atoms with E-state index in [0.29, 0.717) is 5.56 Å². The molecule has 1 aliphatic heterocycles. The smallest absolute Gasteiger partial charge is 0.326 e. The van der Waals surface area contributed by atoms with Gasteiger partial charge < -0.3 is 58.5 Å². The number of nitrogens with one attached hydrogen (secondary N) is 3. The number of aromatic hydroxyl groups is 1. The molecule has 292 valence electrons. The Kier molecular flexibility index (Phi) is 16.1. The van der Waals surface area contributed by atoms with Crippen LogP contribution in [0, 0.1) is 5.92 Å². The van der Waals surface area contributed by atoms with Crippen LogP contribution in [0.15, 0.2) is 29.3 Å². The fourth-order valence-electron chi connectivity index (χ4n) is 5.68. The van der Waals surface area contributed by atoms with E-state index >= 15 is 0 Å². The molecule has 4 amide bonds. The van der Waals surface area contributed by atoms with Gasteiger partial charge in [-0.3, -0.25) is 38.6 Å². The van der Waals surface area contributed by atoms with E-state index in [1.165, 1.54) is 24.3 Å². The number of hydrogen-bond acceptors (Lipinski definition) is 11. The summed E-state index contributed by atoms with van der Waals surface area (Å²) in [6, 6.07) is -0.266. The summed E-state index contributed by atoms with van der Waals surface area (Å²) in [4.78, 5) is 107. The van der Waals surface area contributed by atoms with Crippen molar-refractivity contribution in [1.82, 2.24) is 20.9 Å². The van der Waals surface area contributed by atoms with Gasteiger partial charge in [0.2, 0.25) is 17.7 Å². The number of rotatable bonds is 21. The first-order valence-electron chi connectivity index (χ1n) is 16.8. The number of Topliss-reactive ketones (excluding diaryl/α,β-unsaturated/α-hetero) is 1. The minimum atomic E-state index is -2.26. The number of carboxylic acid groups (broad SMARTS) is 3. The highest BCUT2D eigenvalue weighted by Crippen LogP contribution is 2.25. The number of carbonyl (C=O) groups is 8. The van der Waals surface area contributed by atoms with Crippen LogP contribution in [0.25, 0.3) is 0 Å². The second-order valence-electron chi connectivity index (χ2n) is 13.0. The van der Waals surface area contributed by atoms with Gasteiger partial charge >= 0.3 is 17.9 Å². The Morgan fingerprint density at radius 3 is 2.09 bits per heavy atom.